The topological polar surface area (TPSA) is 96.4 Å². The van der Waals surface area contributed by atoms with E-state index in [-0.39, 0.29) is 21.7 Å². The van der Waals surface area contributed by atoms with E-state index in [0.717, 1.165) is 23.7 Å². The SMILES string of the molecule is C[C@@H](c1ncnn1-c1ncc(C#N)s1)N(C)c1ncnc2c(C(F)(F)F)cc(Cl)cc12. The van der Waals surface area contributed by atoms with Gasteiger partial charge in [0.05, 0.1) is 23.3 Å². The van der Waals surface area contributed by atoms with Gasteiger partial charge in [-0.05, 0) is 19.1 Å². The van der Waals surface area contributed by atoms with Crippen molar-refractivity contribution in [2.45, 2.75) is 19.1 Å². The van der Waals surface area contributed by atoms with E-state index in [0.29, 0.717) is 15.8 Å². The van der Waals surface area contributed by atoms with Crippen molar-refractivity contribution < 1.29 is 13.2 Å². The number of aromatic nitrogens is 6. The summed E-state index contributed by atoms with van der Waals surface area (Å²) < 4.78 is 42.0. The molecule has 4 rings (SSSR count). The van der Waals surface area contributed by atoms with Crippen LogP contribution in [0.2, 0.25) is 5.02 Å². The summed E-state index contributed by atoms with van der Waals surface area (Å²) in [4.78, 5) is 18.6. The zero-order chi connectivity index (χ0) is 22.3. The monoisotopic (exact) mass is 464 g/mol. The van der Waals surface area contributed by atoms with Crippen molar-refractivity contribution in [3.63, 3.8) is 0 Å². The molecule has 158 valence electrons. The molecule has 0 radical (unpaired) electrons. The lowest BCUT2D eigenvalue weighted by molar-refractivity contribution is -0.136. The van der Waals surface area contributed by atoms with Gasteiger partial charge in [0.15, 0.2) is 5.82 Å². The summed E-state index contributed by atoms with van der Waals surface area (Å²) in [6.45, 7) is 1.79. The van der Waals surface area contributed by atoms with Crippen LogP contribution in [0.25, 0.3) is 16.0 Å². The van der Waals surface area contributed by atoms with Crippen LogP contribution in [0.1, 0.15) is 29.2 Å². The number of rotatable bonds is 4. The molecule has 1 aromatic carbocycles. The summed E-state index contributed by atoms with van der Waals surface area (Å²) in [6, 6.07) is 3.78. The second kappa shape index (κ2) is 7.75. The lowest BCUT2D eigenvalue weighted by atomic mass is 10.1. The first-order valence-electron chi connectivity index (χ1n) is 8.71. The molecule has 3 heterocycles. The first-order chi connectivity index (χ1) is 14.7. The maximum Gasteiger partial charge on any atom is 0.418 e. The molecule has 0 amide bonds. The lowest BCUT2D eigenvalue weighted by Crippen LogP contribution is -2.26. The van der Waals surface area contributed by atoms with Crippen LogP contribution in [0.15, 0.2) is 31.0 Å². The van der Waals surface area contributed by atoms with Crippen LogP contribution >= 0.6 is 22.9 Å². The van der Waals surface area contributed by atoms with Gasteiger partial charge in [0.1, 0.15) is 29.4 Å². The molecule has 0 N–H and O–H groups in total. The fourth-order valence-electron chi connectivity index (χ4n) is 3.07. The largest absolute Gasteiger partial charge is 0.418 e. The van der Waals surface area contributed by atoms with Crippen molar-refractivity contribution in [2.24, 2.45) is 0 Å². The Labute approximate surface area is 182 Å². The predicted octanol–water partition coefficient (Wildman–Crippen LogP) is 4.41. The molecule has 0 unspecified atom stereocenters. The number of nitriles is 1. The Hall–Kier alpha value is -3.30. The number of hydrogen-bond acceptors (Lipinski definition) is 8. The lowest BCUT2D eigenvalue weighted by Gasteiger charge is -2.26. The Balaban J connectivity index is 1.79. The van der Waals surface area contributed by atoms with Gasteiger partial charge in [-0.1, -0.05) is 22.9 Å². The minimum absolute atomic E-state index is 0.0769. The van der Waals surface area contributed by atoms with Gasteiger partial charge in [-0.15, -0.1) is 0 Å². The van der Waals surface area contributed by atoms with Crippen LogP contribution < -0.4 is 4.90 Å². The average molecular weight is 465 g/mol. The maximum atomic E-state index is 13.5. The molecular weight excluding hydrogens is 453 g/mol. The molecule has 0 spiro atoms. The van der Waals surface area contributed by atoms with Crippen molar-refractivity contribution in [1.29, 1.82) is 5.26 Å². The van der Waals surface area contributed by atoms with E-state index in [4.69, 9.17) is 16.9 Å². The van der Waals surface area contributed by atoms with Gasteiger partial charge < -0.3 is 4.90 Å². The third-order valence-electron chi connectivity index (χ3n) is 4.64. The molecule has 3 aromatic heterocycles. The van der Waals surface area contributed by atoms with Crippen LogP contribution in [0.5, 0.6) is 0 Å². The molecule has 13 heteroatoms. The number of anilines is 1. The smallest absolute Gasteiger partial charge is 0.349 e. The summed E-state index contributed by atoms with van der Waals surface area (Å²) in [6.07, 6.45) is -0.778. The number of nitrogens with zero attached hydrogens (tertiary/aromatic N) is 8. The van der Waals surface area contributed by atoms with Crippen molar-refractivity contribution in [2.75, 3.05) is 11.9 Å². The third-order valence-corrected chi connectivity index (χ3v) is 5.73. The molecule has 0 saturated heterocycles. The van der Waals surface area contributed by atoms with E-state index in [2.05, 4.69) is 25.0 Å². The van der Waals surface area contributed by atoms with E-state index < -0.39 is 17.8 Å². The highest BCUT2D eigenvalue weighted by Crippen LogP contribution is 2.39. The molecule has 0 fully saturated rings. The third kappa shape index (κ3) is 3.77. The molecule has 1 atom stereocenters. The number of fused-ring (bicyclic) bond motifs is 1. The molecule has 0 saturated carbocycles. The van der Waals surface area contributed by atoms with Gasteiger partial charge >= 0.3 is 6.18 Å². The highest BCUT2D eigenvalue weighted by atomic mass is 35.5. The minimum Gasteiger partial charge on any atom is -0.349 e. The molecule has 0 bridgehead atoms. The van der Waals surface area contributed by atoms with Gasteiger partial charge in [0, 0.05) is 17.5 Å². The highest BCUT2D eigenvalue weighted by Gasteiger charge is 2.35. The quantitative estimate of drug-likeness (QED) is 0.441. The summed E-state index contributed by atoms with van der Waals surface area (Å²) in [5.74, 6) is 0.711. The van der Waals surface area contributed by atoms with Crippen molar-refractivity contribution in [3.05, 3.63) is 52.3 Å². The number of benzene rings is 1. The van der Waals surface area contributed by atoms with Gasteiger partial charge in [-0.25, -0.2) is 19.9 Å². The summed E-state index contributed by atoms with van der Waals surface area (Å²) in [5.41, 5.74) is -1.18. The number of thiazole rings is 1. The van der Waals surface area contributed by atoms with E-state index in [9.17, 15) is 13.2 Å². The predicted molar refractivity (Wildman–Crippen MR) is 108 cm³/mol. The van der Waals surface area contributed by atoms with Crippen LogP contribution in [-0.4, -0.2) is 36.8 Å². The molecular formula is C18H12ClF3N8S. The van der Waals surface area contributed by atoms with Crippen molar-refractivity contribution in [3.8, 4) is 11.2 Å². The van der Waals surface area contributed by atoms with Crippen molar-refractivity contribution in [1.82, 2.24) is 29.7 Å². The minimum atomic E-state index is -4.62. The maximum absolute atomic E-state index is 13.5. The Morgan fingerprint density at radius 2 is 1.97 bits per heavy atom. The Kier molecular flexibility index (Phi) is 5.24. The summed E-state index contributed by atoms with van der Waals surface area (Å²) >= 11 is 7.11. The molecule has 8 nitrogen and oxygen atoms in total. The zero-order valence-corrected chi connectivity index (χ0v) is 17.5. The van der Waals surface area contributed by atoms with E-state index in [1.165, 1.54) is 23.3 Å². The first kappa shape index (κ1) is 21.0. The Morgan fingerprint density at radius 3 is 2.65 bits per heavy atom. The van der Waals surface area contributed by atoms with E-state index in [1.807, 2.05) is 6.07 Å². The van der Waals surface area contributed by atoms with Gasteiger partial charge in [0.2, 0.25) is 5.13 Å². The molecule has 0 aliphatic rings. The fraction of sp³-hybridized carbons (Fsp3) is 0.222. The Bertz CT molecular complexity index is 1310. The van der Waals surface area contributed by atoms with E-state index >= 15 is 0 Å². The second-order valence-corrected chi connectivity index (χ2v) is 7.93. The average Bonchev–Trinajstić information content (AvgIpc) is 3.40. The van der Waals surface area contributed by atoms with Gasteiger partial charge in [-0.3, -0.25) is 0 Å². The normalized spacial score (nSPS) is 12.7. The standard InChI is InChI=1S/C18H12ClF3N8S/c1-9(15-27-8-28-30(15)17-24-6-11(5-23)31-17)29(2)16-12-3-10(19)4-13(18(20,21)22)14(12)25-7-26-16/h3-4,6-9H,1-2H3/t9-/m0/s1. The van der Waals surface area contributed by atoms with Gasteiger partial charge in [0.25, 0.3) is 0 Å². The number of halogens is 4. The second-order valence-electron chi connectivity index (χ2n) is 6.48. The highest BCUT2D eigenvalue weighted by molar-refractivity contribution is 7.14. The number of hydrogen-bond donors (Lipinski definition) is 0. The summed E-state index contributed by atoms with van der Waals surface area (Å²) in [7, 11) is 1.67. The van der Waals surface area contributed by atoms with Crippen LogP contribution in [0.4, 0.5) is 19.0 Å². The Morgan fingerprint density at radius 1 is 1.19 bits per heavy atom. The molecule has 31 heavy (non-hydrogen) atoms. The van der Waals surface area contributed by atoms with Crippen LogP contribution in [-0.2, 0) is 6.18 Å². The van der Waals surface area contributed by atoms with Crippen LogP contribution in [0.3, 0.4) is 0 Å². The number of alkyl halides is 3. The molecule has 4 aromatic rings. The summed E-state index contributed by atoms with van der Waals surface area (Å²) in [5, 5.41) is 13.7. The molecule has 0 aliphatic carbocycles. The van der Waals surface area contributed by atoms with E-state index in [1.54, 1.807) is 18.9 Å². The van der Waals surface area contributed by atoms with Crippen LogP contribution in [0, 0.1) is 11.3 Å². The molecule has 0 aliphatic heterocycles. The van der Waals surface area contributed by atoms with Crippen molar-refractivity contribution >= 4 is 39.7 Å². The zero-order valence-electron chi connectivity index (χ0n) is 16.0. The first-order valence-corrected chi connectivity index (χ1v) is 9.90. The fourth-order valence-corrected chi connectivity index (χ4v) is 3.97. The van der Waals surface area contributed by atoms with Gasteiger partial charge in [-0.2, -0.15) is 28.2 Å².